The van der Waals surface area contributed by atoms with Crippen LogP contribution in [0.4, 0.5) is 0 Å². The maximum absolute atomic E-state index is 5.25. The highest BCUT2D eigenvalue weighted by molar-refractivity contribution is 5.83. The fraction of sp³-hybridized carbons (Fsp3) is 0.170. The fourth-order valence-corrected chi connectivity index (χ4v) is 8.57. The molecular formula is C53H46N4. The van der Waals surface area contributed by atoms with E-state index in [0.717, 1.165) is 61.3 Å². The van der Waals surface area contributed by atoms with E-state index in [2.05, 4.69) is 181 Å². The normalized spacial score (nSPS) is 14.9. The third-order valence-electron chi connectivity index (χ3n) is 13.1. The van der Waals surface area contributed by atoms with Crippen LogP contribution in [0.5, 0.6) is 0 Å². The average molecular weight is 739 g/mol. The summed E-state index contributed by atoms with van der Waals surface area (Å²) in [7, 11) is 0. The van der Waals surface area contributed by atoms with Crippen LogP contribution >= 0.6 is 0 Å². The molecule has 0 bridgehead atoms. The number of pyridine rings is 1. The van der Waals surface area contributed by atoms with E-state index in [-0.39, 0.29) is 16.2 Å². The Labute approximate surface area is 336 Å². The summed E-state index contributed by atoms with van der Waals surface area (Å²) in [5.41, 5.74) is 14.3. The topological polar surface area (TPSA) is 51.6 Å². The van der Waals surface area contributed by atoms with E-state index in [1.165, 1.54) is 11.1 Å². The van der Waals surface area contributed by atoms with E-state index >= 15 is 0 Å². The molecule has 8 aromatic rings. The van der Waals surface area contributed by atoms with Gasteiger partial charge in [-0.3, -0.25) is 4.98 Å². The minimum atomic E-state index is 0.00764. The number of rotatable bonds is 7. The average Bonchev–Trinajstić information content (AvgIpc) is 3.36. The van der Waals surface area contributed by atoms with Gasteiger partial charge in [-0.1, -0.05) is 169 Å². The maximum atomic E-state index is 5.25. The van der Waals surface area contributed by atoms with E-state index in [1.54, 1.807) is 0 Å². The second kappa shape index (κ2) is 13.9. The maximum Gasteiger partial charge on any atom is 0.165 e. The lowest BCUT2D eigenvalue weighted by atomic mass is 9.59. The van der Waals surface area contributed by atoms with Gasteiger partial charge in [0, 0.05) is 28.5 Å². The van der Waals surface area contributed by atoms with E-state index in [0.29, 0.717) is 17.5 Å². The zero-order valence-corrected chi connectivity index (χ0v) is 33.5. The van der Waals surface area contributed by atoms with Gasteiger partial charge < -0.3 is 0 Å². The van der Waals surface area contributed by atoms with Gasteiger partial charge in [0.15, 0.2) is 17.5 Å². The minimum Gasteiger partial charge on any atom is -0.255 e. The second-order valence-corrected chi connectivity index (χ2v) is 16.8. The van der Waals surface area contributed by atoms with Crippen LogP contribution in [0.25, 0.3) is 78.8 Å². The summed E-state index contributed by atoms with van der Waals surface area (Å²) < 4.78 is 0. The zero-order valence-electron chi connectivity index (χ0n) is 33.5. The highest BCUT2D eigenvalue weighted by Crippen LogP contribution is 2.61. The highest BCUT2D eigenvalue weighted by atomic mass is 15.0. The Hall–Kier alpha value is -6.52. The van der Waals surface area contributed by atoms with Crippen LogP contribution in [0.15, 0.2) is 170 Å². The number of aromatic nitrogens is 4. The lowest BCUT2D eigenvalue weighted by Crippen LogP contribution is -2.42. The lowest BCUT2D eigenvalue weighted by Gasteiger charge is -2.44. The molecule has 0 spiro atoms. The van der Waals surface area contributed by atoms with E-state index < -0.39 is 0 Å². The van der Waals surface area contributed by atoms with Crippen molar-refractivity contribution in [3.05, 3.63) is 181 Å². The summed E-state index contributed by atoms with van der Waals surface area (Å²) >= 11 is 0. The number of hydrogen-bond donors (Lipinski definition) is 0. The van der Waals surface area contributed by atoms with Gasteiger partial charge in [0.25, 0.3) is 0 Å². The quantitative estimate of drug-likeness (QED) is 0.163. The van der Waals surface area contributed by atoms with Crippen LogP contribution < -0.4 is 0 Å². The van der Waals surface area contributed by atoms with Crippen molar-refractivity contribution in [3.8, 4) is 78.8 Å². The molecule has 278 valence electrons. The first-order valence-electron chi connectivity index (χ1n) is 19.8. The molecular weight excluding hydrogens is 693 g/mol. The Morgan fingerprint density at radius 1 is 0.333 bits per heavy atom. The van der Waals surface area contributed by atoms with Gasteiger partial charge in [-0.15, -0.1) is 0 Å². The van der Waals surface area contributed by atoms with Crippen molar-refractivity contribution in [3.63, 3.8) is 0 Å². The van der Waals surface area contributed by atoms with Crippen molar-refractivity contribution in [2.45, 2.75) is 52.4 Å². The van der Waals surface area contributed by atoms with Crippen molar-refractivity contribution < 1.29 is 0 Å². The van der Waals surface area contributed by atoms with Gasteiger partial charge in [0.1, 0.15) is 0 Å². The molecule has 0 aliphatic heterocycles. The van der Waals surface area contributed by atoms with Crippen LogP contribution in [0, 0.1) is 5.41 Å². The second-order valence-electron chi connectivity index (χ2n) is 16.8. The molecule has 0 atom stereocenters. The molecule has 9 rings (SSSR count). The van der Waals surface area contributed by atoms with Crippen LogP contribution in [0.1, 0.15) is 52.7 Å². The molecule has 0 N–H and O–H groups in total. The molecule has 0 unspecified atom stereocenters. The van der Waals surface area contributed by atoms with Gasteiger partial charge in [-0.25, -0.2) is 15.0 Å². The third kappa shape index (κ3) is 6.26. The largest absolute Gasteiger partial charge is 0.255 e. The first-order chi connectivity index (χ1) is 27.5. The molecule has 6 aromatic carbocycles. The Balaban J connectivity index is 1.20. The Bertz CT molecular complexity index is 2670. The van der Waals surface area contributed by atoms with Crippen molar-refractivity contribution >= 4 is 0 Å². The zero-order chi connectivity index (χ0) is 39.4. The van der Waals surface area contributed by atoms with Crippen LogP contribution in [0.3, 0.4) is 0 Å². The first-order valence-corrected chi connectivity index (χ1v) is 19.8. The van der Waals surface area contributed by atoms with Crippen LogP contribution in [-0.4, -0.2) is 19.9 Å². The first kappa shape index (κ1) is 36.1. The lowest BCUT2D eigenvalue weighted by molar-refractivity contribution is 0.125. The molecule has 4 heteroatoms. The molecule has 1 aliphatic rings. The summed E-state index contributed by atoms with van der Waals surface area (Å²) in [6, 6.07) is 57.4. The van der Waals surface area contributed by atoms with E-state index in [9.17, 15) is 0 Å². The molecule has 2 aromatic heterocycles. The molecule has 0 saturated carbocycles. The Kier molecular flexibility index (Phi) is 8.81. The van der Waals surface area contributed by atoms with Crippen molar-refractivity contribution in [2.75, 3.05) is 0 Å². The van der Waals surface area contributed by atoms with Gasteiger partial charge in [-0.2, -0.15) is 0 Å². The number of benzene rings is 6. The van der Waals surface area contributed by atoms with E-state index in [1.807, 2.05) is 30.5 Å². The molecule has 0 amide bonds. The van der Waals surface area contributed by atoms with Crippen LogP contribution in [-0.2, 0) is 10.8 Å². The summed E-state index contributed by atoms with van der Waals surface area (Å²) in [4.78, 5) is 20.7. The smallest absolute Gasteiger partial charge is 0.165 e. The molecule has 1 aliphatic carbocycles. The molecule has 0 saturated heterocycles. The van der Waals surface area contributed by atoms with Gasteiger partial charge in [0.05, 0.1) is 5.69 Å². The van der Waals surface area contributed by atoms with Crippen LogP contribution in [0.2, 0.25) is 0 Å². The highest BCUT2D eigenvalue weighted by Gasteiger charge is 2.56. The number of fused-ring (bicyclic) bond motifs is 1. The van der Waals surface area contributed by atoms with E-state index in [4.69, 9.17) is 19.9 Å². The SMILES string of the molecule is CC1(C)c2ccc(-c3ccc(-c4nc(-c5cc(-c6ccccc6)cc(-c6ccccc6)c5)nc(-c5ccccc5-c5ccccc5)n4)cn3)cc2C(C)(C)C1(C)C. The fourth-order valence-electron chi connectivity index (χ4n) is 8.57. The summed E-state index contributed by atoms with van der Waals surface area (Å²) in [5, 5.41) is 0. The number of nitrogens with zero attached hydrogens (tertiary/aromatic N) is 4. The monoisotopic (exact) mass is 738 g/mol. The molecule has 0 radical (unpaired) electrons. The van der Waals surface area contributed by atoms with Crippen molar-refractivity contribution in [1.82, 2.24) is 19.9 Å². The summed E-state index contributed by atoms with van der Waals surface area (Å²) in [5.74, 6) is 1.78. The molecule has 2 heterocycles. The Morgan fingerprint density at radius 3 is 1.39 bits per heavy atom. The van der Waals surface area contributed by atoms with Gasteiger partial charge >= 0.3 is 0 Å². The summed E-state index contributed by atoms with van der Waals surface area (Å²) in [6.45, 7) is 14.3. The van der Waals surface area contributed by atoms with Crippen molar-refractivity contribution in [2.24, 2.45) is 5.41 Å². The third-order valence-corrected chi connectivity index (χ3v) is 13.1. The Morgan fingerprint density at radius 2 is 0.807 bits per heavy atom. The molecule has 0 fully saturated rings. The standard InChI is InChI=1S/C53H46N4/c1-51(2)45-28-26-38(33-46(45)52(3,4)53(51,5)6)47-29-27-39(34-54-47)48-55-49(57-50(56-48)44-25-17-16-24-43(44)37-22-14-9-15-23-37)42-31-40(35-18-10-7-11-19-35)30-41(32-42)36-20-12-8-13-21-36/h7-34H,1-6H3. The van der Waals surface area contributed by atoms with Gasteiger partial charge in [-0.05, 0) is 97.2 Å². The number of hydrogen-bond acceptors (Lipinski definition) is 4. The predicted octanol–water partition coefficient (Wildman–Crippen LogP) is 13.5. The van der Waals surface area contributed by atoms with Crippen molar-refractivity contribution in [1.29, 1.82) is 0 Å². The molecule has 4 nitrogen and oxygen atoms in total. The minimum absolute atomic E-state index is 0.00764. The predicted molar refractivity (Wildman–Crippen MR) is 236 cm³/mol. The molecule has 57 heavy (non-hydrogen) atoms. The van der Waals surface area contributed by atoms with Gasteiger partial charge in [0.2, 0.25) is 0 Å². The summed E-state index contributed by atoms with van der Waals surface area (Å²) in [6.07, 6.45) is 1.91.